The number of hydrogen-bond donors (Lipinski definition) is 1. The van der Waals surface area contributed by atoms with Crippen LogP contribution in [-0.2, 0) is 0 Å². The minimum absolute atomic E-state index is 0.147. The molecule has 0 aliphatic carbocycles. The maximum absolute atomic E-state index is 9.51. The summed E-state index contributed by atoms with van der Waals surface area (Å²) in [6.07, 6.45) is 3.93. The van der Waals surface area contributed by atoms with E-state index < -0.39 is 0 Å². The van der Waals surface area contributed by atoms with E-state index in [0.29, 0.717) is 17.9 Å². The Bertz CT molecular complexity index is 759. The smallest absolute Gasteiger partial charge is 0.207 e. The molecule has 1 saturated heterocycles. The number of nitriles is 1. The van der Waals surface area contributed by atoms with Gasteiger partial charge in [-0.3, -0.25) is 0 Å². The highest BCUT2D eigenvalue weighted by atomic mass is 16.3. The SMILES string of the molecule is Cc1ccc(C)c(-n2nc(C#N)c(N3CCCCC3CCO)n2)c1. The van der Waals surface area contributed by atoms with Gasteiger partial charge in [0.25, 0.3) is 0 Å². The summed E-state index contributed by atoms with van der Waals surface area (Å²) in [7, 11) is 0. The summed E-state index contributed by atoms with van der Waals surface area (Å²) < 4.78 is 0. The molecule has 2 heterocycles. The Balaban J connectivity index is 2.01. The lowest BCUT2D eigenvalue weighted by molar-refractivity contribution is 0.262. The number of benzene rings is 1. The van der Waals surface area contributed by atoms with Crippen molar-refractivity contribution in [2.75, 3.05) is 18.1 Å². The quantitative estimate of drug-likeness (QED) is 0.934. The van der Waals surface area contributed by atoms with Crippen LogP contribution in [0, 0.1) is 25.2 Å². The van der Waals surface area contributed by atoms with E-state index in [1.807, 2.05) is 26.0 Å². The lowest BCUT2D eigenvalue weighted by Crippen LogP contribution is -2.40. The van der Waals surface area contributed by atoms with Crippen LogP contribution < -0.4 is 4.90 Å². The first-order chi connectivity index (χ1) is 11.6. The van der Waals surface area contributed by atoms with Crippen LogP contribution in [0.5, 0.6) is 0 Å². The van der Waals surface area contributed by atoms with Gasteiger partial charge in [0.2, 0.25) is 5.69 Å². The maximum atomic E-state index is 9.51. The van der Waals surface area contributed by atoms with Crippen LogP contribution in [0.25, 0.3) is 5.69 Å². The number of nitrogens with zero attached hydrogens (tertiary/aromatic N) is 5. The number of aliphatic hydroxyl groups is 1. The first kappa shape index (κ1) is 16.5. The van der Waals surface area contributed by atoms with Crippen molar-refractivity contribution in [1.82, 2.24) is 15.0 Å². The van der Waals surface area contributed by atoms with E-state index in [1.165, 1.54) is 0 Å². The Morgan fingerprint density at radius 3 is 2.88 bits per heavy atom. The van der Waals surface area contributed by atoms with Crippen LogP contribution in [0.4, 0.5) is 5.82 Å². The number of hydrogen-bond acceptors (Lipinski definition) is 5. The lowest BCUT2D eigenvalue weighted by atomic mass is 9.99. The lowest BCUT2D eigenvalue weighted by Gasteiger charge is -2.35. The molecule has 1 N–H and O–H groups in total. The molecule has 3 rings (SSSR count). The minimum atomic E-state index is 0.147. The predicted octanol–water partition coefficient (Wildman–Crippen LogP) is 2.50. The second-order valence-electron chi connectivity index (χ2n) is 6.42. The van der Waals surface area contributed by atoms with Crippen LogP contribution in [0.3, 0.4) is 0 Å². The van der Waals surface area contributed by atoms with E-state index in [-0.39, 0.29) is 12.6 Å². The molecule has 1 fully saturated rings. The molecule has 1 aromatic carbocycles. The van der Waals surface area contributed by atoms with E-state index in [4.69, 9.17) is 0 Å². The predicted molar refractivity (Wildman–Crippen MR) is 92.2 cm³/mol. The molecule has 1 aliphatic heterocycles. The van der Waals surface area contributed by atoms with Gasteiger partial charge in [-0.1, -0.05) is 12.1 Å². The van der Waals surface area contributed by atoms with Gasteiger partial charge >= 0.3 is 0 Å². The Morgan fingerprint density at radius 1 is 1.29 bits per heavy atom. The minimum Gasteiger partial charge on any atom is -0.396 e. The summed E-state index contributed by atoms with van der Waals surface area (Å²) in [6.45, 7) is 5.04. The first-order valence-electron chi connectivity index (χ1n) is 8.46. The summed E-state index contributed by atoms with van der Waals surface area (Å²) in [5, 5.41) is 27.9. The Morgan fingerprint density at radius 2 is 2.12 bits per heavy atom. The van der Waals surface area contributed by atoms with Gasteiger partial charge < -0.3 is 10.0 Å². The van der Waals surface area contributed by atoms with E-state index in [9.17, 15) is 10.4 Å². The summed E-state index contributed by atoms with van der Waals surface area (Å²) >= 11 is 0. The third-order valence-electron chi connectivity index (χ3n) is 4.64. The number of aromatic nitrogens is 3. The van der Waals surface area contributed by atoms with Crippen molar-refractivity contribution in [2.24, 2.45) is 0 Å². The fourth-order valence-corrected chi connectivity index (χ4v) is 3.34. The monoisotopic (exact) mass is 325 g/mol. The van der Waals surface area contributed by atoms with Gasteiger partial charge in [0, 0.05) is 19.2 Å². The number of rotatable bonds is 4. The molecule has 0 radical (unpaired) electrons. The molecule has 0 bridgehead atoms. The molecule has 24 heavy (non-hydrogen) atoms. The van der Waals surface area contributed by atoms with Crippen LogP contribution >= 0.6 is 0 Å². The number of piperidine rings is 1. The van der Waals surface area contributed by atoms with Crippen LogP contribution in [-0.4, -0.2) is 39.3 Å². The zero-order valence-electron chi connectivity index (χ0n) is 14.2. The third kappa shape index (κ3) is 3.13. The molecule has 0 saturated carbocycles. The molecule has 0 spiro atoms. The molecule has 1 unspecified atom stereocenters. The number of aryl methyl sites for hydroxylation is 2. The Labute approximate surface area is 142 Å². The van der Waals surface area contributed by atoms with Crippen LogP contribution in [0.2, 0.25) is 0 Å². The molecule has 6 nitrogen and oxygen atoms in total. The van der Waals surface area contributed by atoms with Gasteiger partial charge in [0.15, 0.2) is 5.82 Å². The van der Waals surface area contributed by atoms with Crippen molar-refractivity contribution in [2.45, 2.75) is 45.6 Å². The van der Waals surface area contributed by atoms with Crippen molar-refractivity contribution in [3.8, 4) is 11.8 Å². The highest BCUT2D eigenvalue weighted by molar-refractivity contribution is 5.52. The van der Waals surface area contributed by atoms with Crippen molar-refractivity contribution >= 4 is 5.82 Å². The summed E-state index contributed by atoms with van der Waals surface area (Å²) in [5.74, 6) is 0.636. The Hall–Kier alpha value is -2.39. The maximum Gasteiger partial charge on any atom is 0.207 e. The molecule has 126 valence electrons. The van der Waals surface area contributed by atoms with Crippen LogP contribution in [0.15, 0.2) is 18.2 Å². The van der Waals surface area contributed by atoms with Gasteiger partial charge in [-0.05, 0) is 56.7 Å². The standard InChI is InChI=1S/C18H23N5O/c1-13-6-7-14(2)17(11-13)23-20-16(12-19)18(21-23)22-9-4-3-5-15(22)8-10-24/h6-7,11,15,24H,3-5,8-10H2,1-2H3. The van der Waals surface area contributed by atoms with E-state index in [1.54, 1.807) is 4.80 Å². The Kier molecular flexibility index (Phi) is 4.81. The third-order valence-corrected chi connectivity index (χ3v) is 4.64. The molecular formula is C18H23N5O. The van der Waals surface area contributed by atoms with Gasteiger partial charge in [-0.15, -0.1) is 15.0 Å². The highest BCUT2D eigenvalue weighted by Gasteiger charge is 2.27. The zero-order valence-corrected chi connectivity index (χ0v) is 14.2. The molecule has 6 heteroatoms. The normalized spacial score (nSPS) is 17.8. The summed E-state index contributed by atoms with van der Waals surface area (Å²) in [4.78, 5) is 3.72. The summed E-state index contributed by atoms with van der Waals surface area (Å²) in [5.41, 5.74) is 3.44. The van der Waals surface area contributed by atoms with E-state index >= 15 is 0 Å². The fourth-order valence-electron chi connectivity index (χ4n) is 3.34. The number of anilines is 1. The van der Waals surface area contributed by atoms with Crippen LogP contribution in [0.1, 0.15) is 42.5 Å². The molecule has 2 aromatic rings. The molecule has 1 atom stereocenters. The number of aliphatic hydroxyl groups excluding tert-OH is 1. The van der Waals surface area contributed by atoms with E-state index in [2.05, 4.69) is 27.2 Å². The largest absolute Gasteiger partial charge is 0.396 e. The van der Waals surface area contributed by atoms with Crippen molar-refractivity contribution in [3.63, 3.8) is 0 Å². The average molecular weight is 325 g/mol. The molecular weight excluding hydrogens is 302 g/mol. The topological polar surface area (TPSA) is 78.0 Å². The van der Waals surface area contributed by atoms with E-state index in [0.717, 1.165) is 42.6 Å². The van der Waals surface area contributed by atoms with Gasteiger partial charge in [0.05, 0.1) is 5.69 Å². The van der Waals surface area contributed by atoms with Crippen molar-refractivity contribution in [3.05, 3.63) is 35.0 Å². The second-order valence-corrected chi connectivity index (χ2v) is 6.42. The second kappa shape index (κ2) is 7.02. The highest BCUT2D eigenvalue weighted by Crippen LogP contribution is 2.28. The van der Waals surface area contributed by atoms with Gasteiger partial charge in [0.1, 0.15) is 6.07 Å². The zero-order chi connectivity index (χ0) is 17.1. The average Bonchev–Trinajstić information content (AvgIpc) is 3.02. The van der Waals surface area contributed by atoms with Crippen molar-refractivity contribution in [1.29, 1.82) is 5.26 Å². The van der Waals surface area contributed by atoms with Gasteiger partial charge in [-0.25, -0.2) is 0 Å². The fraction of sp³-hybridized carbons (Fsp3) is 0.500. The summed E-state index contributed by atoms with van der Waals surface area (Å²) in [6, 6.07) is 8.52. The molecule has 1 aliphatic rings. The first-order valence-corrected chi connectivity index (χ1v) is 8.46. The van der Waals surface area contributed by atoms with Gasteiger partial charge in [-0.2, -0.15) is 5.26 Å². The molecule has 1 aromatic heterocycles. The van der Waals surface area contributed by atoms with Crippen molar-refractivity contribution < 1.29 is 5.11 Å². The molecule has 0 amide bonds.